The molecule has 0 aromatic carbocycles. The highest BCUT2D eigenvalue weighted by Crippen LogP contribution is 1.82. The zero-order chi connectivity index (χ0) is 5.70. The van der Waals surface area contributed by atoms with E-state index in [-0.39, 0.29) is 12.6 Å². The van der Waals surface area contributed by atoms with Gasteiger partial charge in [-0.1, -0.05) is 0 Å². The lowest BCUT2D eigenvalue weighted by molar-refractivity contribution is 0.269. The minimum atomic E-state index is 0.200. The number of hydrazine groups is 1. The van der Waals surface area contributed by atoms with Crippen LogP contribution in [0.5, 0.6) is 0 Å². The number of hydrogen-bond donors (Lipinski definition) is 3. The Labute approximate surface area is 43.5 Å². The summed E-state index contributed by atoms with van der Waals surface area (Å²) < 4.78 is 0. The van der Waals surface area contributed by atoms with E-state index in [0.717, 1.165) is 6.42 Å². The average Bonchev–Trinajstić information content (AvgIpc) is 1.68. The van der Waals surface area contributed by atoms with Crippen LogP contribution >= 0.6 is 0 Å². The molecule has 0 fully saturated rings. The quantitative estimate of drug-likeness (QED) is 0.325. The number of aliphatic hydroxyl groups is 1. The highest BCUT2D eigenvalue weighted by molar-refractivity contribution is 4.51. The summed E-state index contributed by atoms with van der Waals surface area (Å²) in [5.41, 5.74) is 2.51. The molecule has 0 heterocycles. The molecule has 0 spiro atoms. The molecule has 0 rings (SSSR count). The van der Waals surface area contributed by atoms with Crippen molar-refractivity contribution in [1.82, 2.24) is 5.43 Å². The van der Waals surface area contributed by atoms with Crippen molar-refractivity contribution in [3.8, 4) is 0 Å². The van der Waals surface area contributed by atoms with E-state index < -0.39 is 0 Å². The Hall–Kier alpha value is -0.120. The van der Waals surface area contributed by atoms with Gasteiger partial charge in [0.2, 0.25) is 0 Å². The number of nitrogens with one attached hydrogen (secondary N) is 1. The Bertz CT molecular complexity index is 40.7. The number of rotatable bonds is 3. The molecular weight excluding hydrogens is 92.1 g/mol. The van der Waals surface area contributed by atoms with Crippen molar-refractivity contribution in [2.24, 2.45) is 5.84 Å². The molecule has 7 heavy (non-hydrogen) atoms. The van der Waals surface area contributed by atoms with Gasteiger partial charge in [0.05, 0.1) is 0 Å². The highest BCUT2D eigenvalue weighted by atomic mass is 16.3. The fourth-order valence-corrected chi connectivity index (χ4v) is 0.277. The van der Waals surface area contributed by atoms with Gasteiger partial charge >= 0.3 is 0 Å². The van der Waals surface area contributed by atoms with E-state index in [1.54, 1.807) is 0 Å². The Kier molecular flexibility index (Phi) is 3.98. The van der Waals surface area contributed by atoms with Gasteiger partial charge < -0.3 is 5.11 Å². The van der Waals surface area contributed by atoms with Crippen molar-refractivity contribution >= 4 is 0 Å². The van der Waals surface area contributed by atoms with Gasteiger partial charge in [-0.15, -0.1) is 0 Å². The van der Waals surface area contributed by atoms with Crippen molar-refractivity contribution in [2.45, 2.75) is 19.4 Å². The molecule has 3 heteroatoms. The Morgan fingerprint density at radius 1 is 1.86 bits per heavy atom. The van der Waals surface area contributed by atoms with Gasteiger partial charge in [0, 0.05) is 12.6 Å². The van der Waals surface area contributed by atoms with E-state index >= 15 is 0 Å². The number of aliphatic hydroxyl groups excluding tert-OH is 1. The van der Waals surface area contributed by atoms with Crippen molar-refractivity contribution in [2.75, 3.05) is 6.61 Å². The SMILES string of the molecule is CC(CCO)NN. The molecule has 1 atom stereocenters. The Morgan fingerprint density at radius 3 is 2.57 bits per heavy atom. The molecule has 44 valence electrons. The summed E-state index contributed by atoms with van der Waals surface area (Å²) in [5, 5.41) is 8.27. The molecule has 0 aromatic rings. The van der Waals surface area contributed by atoms with E-state index in [1.807, 2.05) is 6.92 Å². The maximum absolute atomic E-state index is 8.27. The molecule has 0 amide bonds. The van der Waals surface area contributed by atoms with E-state index in [2.05, 4.69) is 5.43 Å². The molecule has 0 saturated heterocycles. The molecule has 0 aliphatic carbocycles. The zero-order valence-electron chi connectivity index (χ0n) is 4.52. The normalized spacial score (nSPS) is 14.1. The zero-order valence-corrected chi connectivity index (χ0v) is 4.52. The molecule has 1 unspecified atom stereocenters. The summed E-state index contributed by atoms with van der Waals surface area (Å²) >= 11 is 0. The lowest BCUT2D eigenvalue weighted by atomic mass is 10.3. The smallest absolute Gasteiger partial charge is 0.0446 e. The van der Waals surface area contributed by atoms with Gasteiger partial charge in [-0.25, -0.2) is 0 Å². The highest BCUT2D eigenvalue weighted by Gasteiger charge is 1.92. The lowest BCUT2D eigenvalue weighted by Crippen LogP contribution is -2.32. The monoisotopic (exact) mass is 104 g/mol. The fraction of sp³-hybridized carbons (Fsp3) is 1.00. The first kappa shape index (κ1) is 6.88. The van der Waals surface area contributed by atoms with Gasteiger partial charge in [0.25, 0.3) is 0 Å². The van der Waals surface area contributed by atoms with Crippen molar-refractivity contribution in [3.05, 3.63) is 0 Å². The standard InChI is InChI=1S/C4H12N2O/c1-4(6-5)2-3-7/h4,6-7H,2-3,5H2,1H3. The molecule has 0 aromatic heterocycles. The Morgan fingerprint density at radius 2 is 2.43 bits per heavy atom. The average molecular weight is 104 g/mol. The molecule has 4 N–H and O–H groups in total. The second-order valence-corrected chi connectivity index (χ2v) is 1.58. The van der Waals surface area contributed by atoms with Crippen LogP contribution < -0.4 is 11.3 Å². The van der Waals surface area contributed by atoms with Gasteiger partial charge in [0.1, 0.15) is 0 Å². The van der Waals surface area contributed by atoms with Crippen LogP contribution in [0.3, 0.4) is 0 Å². The van der Waals surface area contributed by atoms with Gasteiger partial charge in [0.15, 0.2) is 0 Å². The van der Waals surface area contributed by atoms with E-state index in [0.29, 0.717) is 0 Å². The maximum atomic E-state index is 8.27. The van der Waals surface area contributed by atoms with Crippen LogP contribution in [0, 0.1) is 0 Å². The van der Waals surface area contributed by atoms with Crippen LogP contribution in [0.4, 0.5) is 0 Å². The van der Waals surface area contributed by atoms with Crippen LogP contribution in [0.2, 0.25) is 0 Å². The summed E-state index contributed by atoms with van der Waals surface area (Å²) in [6.45, 7) is 2.11. The summed E-state index contributed by atoms with van der Waals surface area (Å²) in [5.74, 6) is 5.00. The minimum Gasteiger partial charge on any atom is -0.396 e. The third kappa shape index (κ3) is 3.72. The molecule has 0 aliphatic rings. The van der Waals surface area contributed by atoms with Crippen molar-refractivity contribution in [1.29, 1.82) is 0 Å². The molecule has 0 radical (unpaired) electrons. The van der Waals surface area contributed by atoms with Gasteiger partial charge in [-0.05, 0) is 13.3 Å². The molecule has 0 saturated carbocycles. The first-order valence-electron chi connectivity index (χ1n) is 2.38. The van der Waals surface area contributed by atoms with E-state index in [1.165, 1.54) is 0 Å². The molecule has 0 bridgehead atoms. The van der Waals surface area contributed by atoms with E-state index in [9.17, 15) is 0 Å². The first-order valence-corrected chi connectivity index (χ1v) is 2.38. The lowest BCUT2D eigenvalue weighted by Gasteiger charge is -2.04. The predicted octanol–water partition coefficient (Wildman–Crippen LogP) is -0.779. The van der Waals surface area contributed by atoms with Gasteiger partial charge in [-0.2, -0.15) is 0 Å². The maximum Gasteiger partial charge on any atom is 0.0446 e. The fourth-order valence-electron chi connectivity index (χ4n) is 0.277. The number of nitrogens with two attached hydrogens (primary N) is 1. The Balaban J connectivity index is 2.83. The largest absolute Gasteiger partial charge is 0.396 e. The van der Waals surface area contributed by atoms with Crippen molar-refractivity contribution < 1.29 is 5.11 Å². The van der Waals surface area contributed by atoms with Crippen LogP contribution in [-0.2, 0) is 0 Å². The molecule has 0 aliphatic heterocycles. The van der Waals surface area contributed by atoms with Gasteiger partial charge in [-0.3, -0.25) is 11.3 Å². The van der Waals surface area contributed by atoms with Crippen LogP contribution in [0.1, 0.15) is 13.3 Å². The van der Waals surface area contributed by atoms with Crippen LogP contribution in [0.25, 0.3) is 0 Å². The van der Waals surface area contributed by atoms with E-state index in [4.69, 9.17) is 10.9 Å². The van der Waals surface area contributed by atoms with Crippen LogP contribution in [-0.4, -0.2) is 17.8 Å². The predicted molar refractivity (Wildman–Crippen MR) is 28.5 cm³/mol. The van der Waals surface area contributed by atoms with Crippen molar-refractivity contribution in [3.63, 3.8) is 0 Å². The van der Waals surface area contributed by atoms with Crippen LogP contribution in [0.15, 0.2) is 0 Å². The third-order valence-corrected chi connectivity index (χ3v) is 0.847. The molecular formula is C4H12N2O. The minimum absolute atomic E-state index is 0.200. The first-order chi connectivity index (χ1) is 3.31. The third-order valence-electron chi connectivity index (χ3n) is 0.847. The summed E-state index contributed by atoms with van der Waals surface area (Å²) in [7, 11) is 0. The number of hydrogen-bond acceptors (Lipinski definition) is 3. The topological polar surface area (TPSA) is 58.3 Å². The summed E-state index contributed by atoms with van der Waals surface area (Å²) in [4.78, 5) is 0. The molecule has 3 nitrogen and oxygen atoms in total. The second-order valence-electron chi connectivity index (χ2n) is 1.58. The second kappa shape index (κ2) is 4.05. The summed E-state index contributed by atoms with van der Waals surface area (Å²) in [6.07, 6.45) is 0.719. The summed E-state index contributed by atoms with van der Waals surface area (Å²) in [6, 6.07) is 0.227.